The average molecular weight is 464 g/mol. The zero-order valence-corrected chi connectivity index (χ0v) is 18.0. The molecule has 1 aromatic rings. The average Bonchev–Trinajstić information content (AvgIpc) is 2.67. The Morgan fingerprint density at radius 1 is 1.20 bits per heavy atom. The topological polar surface area (TPSA) is 238 Å². The second-order valence-electron chi connectivity index (χ2n) is 6.82. The van der Waals surface area contributed by atoms with Crippen LogP contribution >= 0.6 is 0 Å². The monoisotopic (exact) mass is 463 g/mol. The molecule has 1 saturated heterocycles. The van der Waals surface area contributed by atoms with Crippen molar-refractivity contribution in [1.82, 2.24) is 10.3 Å². The fraction of sp³-hybridized carbons (Fsp3) is 0.533. The van der Waals surface area contributed by atoms with Gasteiger partial charge >= 0.3 is 0 Å². The van der Waals surface area contributed by atoms with Gasteiger partial charge in [0, 0.05) is 31.4 Å². The Balaban J connectivity index is 2.75. The number of nitrogens with two attached hydrogens (primary N) is 5. The van der Waals surface area contributed by atoms with Gasteiger partial charge in [-0.3, -0.25) is 0 Å². The predicted molar refractivity (Wildman–Crippen MR) is 114 cm³/mol. The van der Waals surface area contributed by atoms with Gasteiger partial charge in [-0.25, -0.2) is 38.1 Å². The Morgan fingerprint density at radius 2 is 1.83 bits per heavy atom. The fourth-order valence-electron chi connectivity index (χ4n) is 3.21. The summed E-state index contributed by atoms with van der Waals surface area (Å²) in [4.78, 5) is 0.654. The summed E-state index contributed by atoms with van der Waals surface area (Å²) in [6.45, 7) is 1.32. The molecule has 0 aromatic heterocycles. The van der Waals surface area contributed by atoms with Gasteiger partial charge in [-0.2, -0.15) is 0 Å². The normalized spacial score (nSPS) is 16.7. The van der Waals surface area contributed by atoms with Crippen LogP contribution in [0.1, 0.15) is 24.8 Å². The Labute approximate surface area is 176 Å². The molecule has 15 heteroatoms. The van der Waals surface area contributed by atoms with Crippen molar-refractivity contribution in [1.29, 1.82) is 0 Å². The lowest BCUT2D eigenvalue weighted by Gasteiger charge is -2.34. The van der Waals surface area contributed by atoms with Crippen LogP contribution in [0.4, 0.5) is 5.69 Å². The molecule has 0 amide bonds. The molecule has 0 aliphatic carbocycles. The lowest BCUT2D eigenvalue weighted by Crippen LogP contribution is -2.41. The first-order valence-corrected chi connectivity index (χ1v) is 12.2. The molecule has 1 aliphatic heterocycles. The molecule has 0 spiro atoms. The highest BCUT2D eigenvalue weighted by molar-refractivity contribution is 7.92. The highest BCUT2D eigenvalue weighted by Crippen LogP contribution is 2.33. The number of anilines is 1. The number of hydrazine groups is 1. The zero-order chi connectivity index (χ0) is 22.5. The van der Waals surface area contributed by atoms with Crippen LogP contribution in [0.2, 0.25) is 0 Å². The van der Waals surface area contributed by atoms with Crippen LogP contribution in [-0.4, -0.2) is 54.9 Å². The summed E-state index contributed by atoms with van der Waals surface area (Å²) in [6, 6.07) is 2.67. The van der Waals surface area contributed by atoms with Crippen molar-refractivity contribution in [2.75, 3.05) is 31.1 Å². The van der Waals surface area contributed by atoms with Gasteiger partial charge in [0.15, 0.2) is 5.84 Å². The number of amidine groups is 1. The van der Waals surface area contributed by atoms with Crippen molar-refractivity contribution >= 4 is 31.6 Å². The number of nitrogens with one attached hydrogen (secondary N) is 2. The van der Waals surface area contributed by atoms with Gasteiger partial charge in [0.1, 0.15) is 9.79 Å². The summed E-state index contributed by atoms with van der Waals surface area (Å²) >= 11 is 0. The van der Waals surface area contributed by atoms with Crippen LogP contribution in [0.3, 0.4) is 0 Å². The molecule has 1 aromatic carbocycles. The highest BCUT2D eigenvalue weighted by atomic mass is 32.2. The van der Waals surface area contributed by atoms with Crippen molar-refractivity contribution in [3.8, 4) is 0 Å². The highest BCUT2D eigenvalue weighted by Gasteiger charge is 2.33. The molecule has 1 aliphatic rings. The van der Waals surface area contributed by atoms with E-state index in [1.807, 2.05) is 10.4 Å². The first kappa shape index (κ1) is 24.3. The van der Waals surface area contributed by atoms with Crippen LogP contribution in [-0.2, 0) is 20.0 Å². The summed E-state index contributed by atoms with van der Waals surface area (Å²) in [5, 5.41) is 9.08. The van der Waals surface area contributed by atoms with E-state index < -0.39 is 29.8 Å². The van der Waals surface area contributed by atoms with Crippen LogP contribution in [0.15, 0.2) is 27.0 Å². The summed E-state index contributed by atoms with van der Waals surface area (Å²) in [6.07, 6.45) is 1.69. The van der Waals surface area contributed by atoms with E-state index in [2.05, 4.69) is 9.82 Å². The van der Waals surface area contributed by atoms with Crippen LogP contribution < -0.4 is 43.3 Å². The number of sulfonamides is 2. The number of hydrogen-bond donors (Lipinski definition) is 7. The quantitative estimate of drug-likeness (QED) is 0.0642. The largest absolute Gasteiger partial charge is 0.382 e. The lowest BCUT2D eigenvalue weighted by molar-refractivity contribution is 0.500. The number of piperidine rings is 1. The van der Waals surface area contributed by atoms with E-state index in [0.29, 0.717) is 38.0 Å². The van der Waals surface area contributed by atoms with Gasteiger partial charge in [0.25, 0.3) is 0 Å². The maximum absolute atomic E-state index is 12.8. The molecule has 0 unspecified atom stereocenters. The van der Waals surface area contributed by atoms with Gasteiger partial charge in [-0.05, 0) is 37.9 Å². The third-order valence-corrected chi connectivity index (χ3v) is 7.29. The Bertz CT molecular complexity index is 988. The molecule has 30 heavy (non-hydrogen) atoms. The molecule has 170 valence electrons. The van der Waals surface area contributed by atoms with E-state index in [1.54, 1.807) is 0 Å². The third-order valence-electron chi connectivity index (χ3n) is 4.67. The van der Waals surface area contributed by atoms with Crippen molar-refractivity contribution in [3.63, 3.8) is 0 Å². The molecule has 13 nitrogen and oxygen atoms in total. The number of nitrogens with zero attached hydrogens (tertiary/aromatic N) is 2. The Kier molecular flexibility index (Phi) is 7.98. The summed E-state index contributed by atoms with van der Waals surface area (Å²) in [5.41, 5.74) is 19.5. The molecule has 0 atom stereocenters. The summed E-state index contributed by atoms with van der Waals surface area (Å²) in [5.74, 6) is 4.88. The number of hydrogen-bond acceptors (Lipinski definition) is 10. The number of rotatable bonds is 9. The SMILES string of the molecule is NCCCNS(=O)(=O)c1ccc(N2CCC(N)CC2)c(/C(N)=N/NN)c1S(N)(=O)=O. The maximum Gasteiger partial charge on any atom is 0.241 e. The van der Waals surface area contributed by atoms with Gasteiger partial charge in [0.2, 0.25) is 20.0 Å². The van der Waals surface area contributed by atoms with Crippen molar-refractivity contribution in [2.24, 2.45) is 33.3 Å². The second-order valence-corrected chi connectivity index (χ2v) is 10.1. The van der Waals surface area contributed by atoms with E-state index in [9.17, 15) is 16.8 Å². The molecule has 1 heterocycles. The van der Waals surface area contributed by atoms with E-state index in [0.717, 1.165) is 0 Å². The van der Waals surface area contributed by atoms with Gasteiger partial charge < -0.3 is 22.1 Å². The molecule has 0 radical (unpaired) electrons. The van der Waals surface area contributed by atoms with Crippen molar-refractivity contribution in [2.45, 2.75) is 35.1 Å². The van der Waals surface area contributed by atoms with Gasteiger partial charge in [-0.15, -0.1) is 5.10 Å². The van der Waals surface area contributed by atoms with E-state index in [4.69, 9.17) is 28.2 Å². The second kappa shape index (κ2) is 9.86. The smallest absolute Gasteiger partial charge is 0.241 e. The van der Waals surface area contributed by atoms with Crippen LogP contribution in [0.5, 0.6) is 0 Å². The van der Waals surface area contributed by atoms with Crippen molar-refractivity contribution < 1.29 is 16.8 Å². The zero-order valence-electron chi connectivity index (χ0n) is 16.4. The van der Waals surface area contributed by atoms with E-state index in [1.165, 1.54) is 12.1 Å². The fourth-order valence-corrected chi connectivity index (χ4v) is 5.89. The minimum atomic E-state index is -4.54. The summed E-state index contributed by atoms with van der Waals surface area (Å²) in [7, 11) is -8.78. The Hall–Kier alpha value is -2.01. The first-order valence-electron chi connectivity index (χ1n) is 9.22. The molecule has 2 rings (SSSR count). The van der Waals surface area contributed by atoms with Crippen LogP contribution in [0.25, 0.3) is 0 Å². The van der Waals surface area contributed by atoms with Crippen molar-refractivity contribution in [3.05, 3.63) is 17.7 Å². The lowest BCUT2D eigenvalue weighted by atomic mass is 10.0. The molecular weight excluding hydrogens is 434 g/mol. The predicted octanol–water partition coefficient (Wildman–Crippen LogP) is -3.03. The number of hydrazone groups is 1. The molecule has 0 saturated carbocycles. The standard InChI is InChI=1S/C15H29N9O4S2/c16-6-1-7-21-30(27,28)12-3-2-11(24-8-4-10(17)5-9-24)13(15(18)22-23-19)14(12)29(20,25)26/h2-3,10,21,23H,1,4-9,16-17,19H2,(H2,18,22)(H2,20,25,26). The van der Waals surface area contributed by atoms with Gasteiger partial charge in [0.05, 0.1) is 5.56 Å². The number of primary sulfonamides is 1. The van der Waals surface area contributed by atoms with E-state index in [-0.39, 0.29) is 30.5 Å². The van der Waals surface area contributed by atoms with E-state index >= 15 is 0 Å². The molecule has 0 bridgehead atoms. The minimum absolute atomic E-state index is 0.0190. The third kappa shape index (κ3) is 5.57. The molecule has 1 fully saturated rings. The summed E-state index contributed by atoms with van der Waals surface area (Å²) < 4.78 is 53.0. The van der Waals surface area contributed by atoms with Crippen LogP contribution in [0, 0.1) is 0 Å². The van der Waals surface area contributed by atoms with Gasteiger partial charge in [-0.1, -0.05) is 0 Å². The molecular formula is C15H29N9O4S2. The minimum Gasteiger partial charge on any atom is -0.382 e. The Morgan fingerprint density at radius 3 is 2.37 bits per heavy atom. The number of benzene rings is 1. The first-order chi connectivity index (χ1) is 14.0. The maximum atomic E-state index is 12.8. The molecule has 12 N–H and O–H groups in total.